The average molecular weight is 279 g/mol. The fourth-order valence-electron chi connectivity index (χ4n) is 1.60. The van der Waals surface area contributed by atoms with E-state index in [0.717, 1.165) is 18.6 Å². The summed E-state index contributed by atoms with van der Waals surface area (Å²) in [7, 11) is 0. The highest BCUT2D eigenvalue weighted by Gasteiger charge is 2.31. The molecule has 0 aliphatic heterocycles. The van der Waals surface area contributed by atoms with Crippen LogP contribution in [0.5, 0.6) is 0 Å². The Morgan fingerprint density at radius 1 is 1.32 bits per heavy atom. The van der Waals surface area contributed by atoms with Crippen LogP contribution in [0.4, 0.5) is 23.2 Å². The van der Waals surface area contributed by atoms with Crippen LogP contribution in [0.3, 0.4) is 0 Å². The minimum atomic E-state index is -4.53. The maximum absolute atomic E-state index is 13.4. The van der Waals surface area contributed by atoms with Gasteiger partial charge in [0.2, 0.25) is 0 Å². The second-order valence-corrected chi connectivity index (χ2v) is 4.55. The van der Waals surface area contributed by atoms with Gasteiger partial charge < -0.3 is 10.4 Å². The molecule has 0 spiro atoms. The molecule has 0 aromatic heterocycles. The second-order valence-electron chi connectivity index (χ2n) is 4.55. The molecule has 108 valence electrons. The van der Waals surface area contributed by atoms with Crippen molar-refractivity contribution < 1.29 is 22.7 Å². The first-order valence-corrected chi connectivity index (χ1v) is 6.06. The minimum absolute atomic E-state index is 0.0599. The largest absolute Gasteiger partial charge is 0.416 e. The van der Waals surface area contributed by atoms with Crippen LogP contribution in [0, 0.1) is 11.7 Å². The number of aliphatic hydroxyl groups is 1. The van der Waals surface area contributed by atoms with Crippen LogP contribution in [0.2, 0.25) is 0 Å². The van der Waals surface area contributed by atoms with Crippen LogP contribution in [-0.2, 0) is 6.18 Å². The molecule has 6 heteroatoms. The van der Waals surface area contributed by atoms with E-state index in [0.29, 0.717) is 19.0 Å². The summed E-state index contributed by atoms with van der Waals surface area (Å²) in [4.78, 5) is 0. The summed E-state index contributed by atoms with van der Waals surface area (Å²) < 4.78 is 50.4. The Bertz CT molecular complexity index is 406. The molecule has 1 rings (SSSR count). The van der Waals surface area contributed by atoms with Gasteiger partial charge in [0, 0.05) is 13.2 Å². The first kappa shape index (κ1) is 15.8. The Hall–Kier alpha value is -1.30. The maximum Gasteiger partial charge on any atom is 0.416 e. The van der Waals surface area contributed by atoms with Crippen molar-refractivity contribution in [3.8, 4) is 0 Å². The third kappa shape index (κ3) is 5.06. The van der Waals surface area contributed by atoms with Gasteiger partial charge in [-0.25, -0.2) is 4.39 Å². The zero-order valence-electron chi connectivity index (χ0n) is 10.6. The summed E-state index contributed by atoms with van der Waals surface area (Å²) in [6.07, 6.45) is -3.05. The van der Waals surface area contributed by atoms with E-state index in [4.69, 9.17) is 5.11 Å². The Morgan fingerprint density at radius 2 is 2.00 bits per heavy atom. The van der Waals surface area contributed by atoms with Crippen molar-refractivity contribution in [2.75, 3.05) is 18.5 Å². The van der Waals surface area contributed by atoms with E-state index in [9.17, 15) is 17.6 Å². The molecule has 0 aliphatic carbocycles. The third-order valence-electron chi connectivity index (χ3n) is 2.80. The van der Waals surface area contributed by atoms with E-state index >= 15 is 0 Å². The standard InChI is InChI=1S/C13H17F4NO/c1-9(8-19)3-2-6-18-12-5-4-10(7-11(12)14)13(15,16)17/h4-5,7,9,18-19H,2-3,6,8H2,1H3. The highest BCUT2D eigenvalue weighted by atomic mass is 19.4. The van der Waals surface area contributed by atoms with Crippen molar-refractivity contribution in [2.45, 2.75) is 25.9 Å². The lowest BCUT2D eigenvalue weighted by Gasteiger charge is -2.12. The van der Waals surface area contributed by atoms with Crippen LogP contribution >= 0.6 is 0 Å². The van der Waals surface area contributed by atoms with E-state index in [1.54, 1.807) is 0 Å². The lowest BCUT2D eigenvalue weighted by atomic mass is 10.1. The molecular weight excluding hydrogens is 262 g/mol. The van der Waals surface area contributed by atoms with Crippen LogP contribution in [0.25, 0.3) is 0 Å². The molecule has 0 bridgehead atoms. The molecule has 19 heavy (non-hydrogen) atoms. The van der Waals surface area contributed by atoms with Crippen molar-refractivity contribution in [1.82, 2.24) is 0 Å². The molecule has 0 saturated carbocycles. The van der Waals surface area contributed by atoms with E-state index in [-0.39, 0.29) is 18.2 Å². The minimum Gasteiger partial charge on any atom is -0.396 e. The number of benzene rings is 1. The summed E-state index contributed by atoms with van der Waals surface area (Å²) in [5.74, 6) is -0.746. The molecule has 0 heterocycles. The monoisotopic (exact) mass is 279 g/mol. The quantitative estimate of drug-likeness (QED) is 0.615. The lowest BCUT2D eigenvalue weighted by molar-refractivity contribution is -0.137. The molecule has 0 amide bonds. The zero-order chi connectivity index (χ0) is 14.5. The molecule has 0 radical (unpaired) electrons. The fraction of sp³-hybridized carbons (Fsp3) is 0.538. The first-order valence-electron chi connectivity index (χ1n) is 6.06. The van der Waals surface area contributed by atoms with Crippen LogP contribution in [-0.4, -0.2) is 18.3 Å². The van der Waals surface area contributed by atoms with Gasteiger partial charge >= 0.3 is 6.18 Å². The predicted molar refractivity (Wildman–Crippen MR) is 65.4 cm³/mol. The third-order valence-corrected chi connectivity index (χ3v) is 2.80. The van der Waals surface area contributed by atoms with Gasteiger partial charge in [0.15, 0.2) is 0 Å². The van der Waals surface area contributed by atoms with Crippen molar-refractivity contribution in [2.24, 2.45) is 5.92 Å². The fourth-order valence-corrected chi connectivity index (χ4v) is 1.60. The van der Waals surface area contributed by atoms with Crippen molar-refractivity contribution in [3.63, 3.8) is 0 Å². The number of hydrogen-bond acceptors (Lipinski definition) is 2. The summed E-state index contributed by atoms with van der Waals surface area (Å²) in [6.45, 7) is 2.43. The van der Waals surface area contributed by atoms with E-state index in [1.165, 1.54) is 0 Å². The van der Waals surface area contributed by atoms with E-state index in [1.807, 2.05) is 6.92 Å². The molecule has 0 aliphatic rings. The highest BCUT2D eigenvalue weighted by molar-refractivity contribution is 5.46. The number of rotatable bonds is 6. The van der Waals surface area contributed by atoms with E-state index < -0.39 is 17.6 Å². The van der Waals surface area contributed by atoms with Gasteiger partial charge in [-0.2, -0.15) is 13.2 Å². The summed E-state index contributed by atoms with van der Waals surface area (Å²) in [5.41, 5.74) is -0.936. The molecule has 0 saturated heterocycles. The van der Waals surface area contributed by atoms with E-state index in [2.05, 4.69) is 5.32 Å². The lowest BCUT2D eigenvalue weighted by Crippen LogP contribution is -2.09. The molecular formula is C13H17F4NO. The normalized spacial score (nSPS) is 13.4. The molecule has 1 atom stereocenters. The number of alkyl halides is 3. The van der Waals surface area contributed by atoms with Gasteiger partial charge in [0.25, 0.3) is 0 Å². The summed E-state index contributed by atoms with van der Waals surface area (Å²) in [6, 6.07) is 2.42. The van der Waals surface area contributed by atoms with Gasteiger partial charge in [0.05, 0.1) is 11.3 Å². The Labute approximate surface area is 109 Å². The van der Waals surface area contributed by atoms with Gasteiger partial charge in [-0.1, -0.05) is 6.92 Å². The zero-order valence-corrected chi connectivity index (χ0v) is 10.6. The molecule has 1 aromatic carbocycles. The Morgan fingerprint density at radius 3 is 2.53 bits per heavy atom. The van der Waals surface area contributed by atoms with Crippen molar-refractivity contribution in [3.05, 3.63) is 29.6 Å². The molecule has 0 fully saturated rings. The molecule has 1 unspecified atom stereocenters. The number of halogens is 4. The van der Waals surface area contributed by atoms with Gasteiger partial charge in [-0.15, -0.1) is 0 Å². The number of hydrogen-bond donors (Lipinski definition) is 2. The second kappa shape index (κ2) is 6.75. The van der Waals surface area contributed by atoms with Gasteiger partial charge in [-0.3, -0.25) is 0 Å². The number of aliphatic hydroxyl groups excluding tert-OH is 1. The first-order chi connectivity index (χ1) is 8.84. The van der Waals surface area contributed by atoms with Crippen molar-refractivity contribution >= 4 is 5.69 Å². The maximum atomic E-state index is 13.4. The Balaban J connectivity index is 2.52. The SMILES string of the molecule is CC(CO)CCCNc1ccc(C(F)(F)F)cc1F. The number of anilines is 1. The Kier molecular flexibility index (Phi) is 5.60. The van der Waals surface area contributed by atoms with Crippen LogP contribution in [0.15, 0.2) is 18.2 Å². The smallest absolute Gasteiger partial charge is 0.396 e. The van der Waals surface area contributed by atoms with Crippen LogP contribution in [0.1, 0.15) is 25.3 Å². The van der Waals surface area contributed by atoms with Gasteiger partial charge in [-0.05, 0) is 37.0 Å². The summed E-state index contributed by atoms with van der Waals surface area (Å²) >= 11 is 0. The number of nitrogens with one attached hydrogen (secondary N) is 1. The average Bonchev–Trinajstić information content (AvgIpc) is 2.34. The topological polar surface area (TPSA) is 32.3 Å². The predicted octanol–water partition coefficient (Wildman–Crippen LogP) is 3.67. The highest BCUT2D eigenvalue weighted by Crippen LogP contribution is 2.31. The molecule has 2 nitrogen and oxygen atoms in total. The molecule has 1 aromatic rings. The van der Waals surface area contributed by atoms with Crippen molar-refractivity contribution in [1.29, 1.82) is 0 Å². The molecule has 2 N–H and O–H groups in total. The summed E-state index contributed by atoms with van der Waals surface area (Å²) in [5, 5.41) is 11.6. The van der Waals surface area contributed by atoms with Crippen LogP contribution < -0.4 is 5.32 Å². The van der Waals surface area contributed by atoms with Gasteiger partial charge in [0.1, 0.15) is 5.82 Å².